The van der Waals surface area contributed by atoms with Gasteiger partial charge in [0.25, 0.3) is 5.91 Å². The van der Waals surface area contributed by atoms with Gasteiger partial charge in [-0.05, 0) is 44.5 Å². The molecular weight excluding hydrogens is 300 g/mol. The highest BCUT2D eigenvalue weighted by Crippen LogP contribution is 2.21. The Morgan fingerprint density at radius 2 is 1.71 bits per heavy atom. The van der Waals surface area contributed by atoms with Crippen LogP contribution < -0.4 is 10.2 Å². The highest BCUT2D eigenvalue weighted by molar-refractivity contribution is 5.95. The summed E-state index contributed by atoms with van der Waals surface area (Å²) >= 11 is 0. The molecule has 0 heterocycles. The van der Waals surface area contributed by atoms with Crippen LogP contribution in [0, 0.1) is 20.8 Å². The largest absolute Gasteiger partial charge is 0.350 e. The average molecular weight is 324 g/mol. The number of carbonyl (C=O) groups excluding carboxylic acids is 2. The molecule has 2 aromatic rings. The lowest BCUT2D eigenvalue weighted by Gasteiger charge is -2.23. The Morgan fingerprint density at radius 3 is 2.33 bits per heavy atom. The van der Waals surface area contributed by atoms with Crippen LogP contribution in [0.3, 0.4) is 0 Å². The van der Waals surface area contributed by atoms with Gasteiger partial charge >= 0.3 is 0 Å². The maximum Gasteiger partial charge on any atom is 0.251 e. The van der Waals surface area contributed by atoms with Gasteiger partial charge in [-0.1, -0.05) is 35.4 Å². The van der Waals surface area contributed by atoms with Crippen molar-refractivity contribution in [2.24, 2.45) is 0 Å². The summed E-state index contributed by atoms with van der Waals surface area (Å²) < 4.78 is 0. The Bertz CT molecular complexity index is 753. The van der Waals surface area contributed by atoms with E-state index in [0.29, 0.717) is 18.7 Å². The number of benzene rings is 2. The van der Waals surface area contributed by atoms with Crippen LogP contribution in [0.5, 0.6) is 0 Å². The lowest BCUT2D eigenvalue weighted by atomic mass is 10.1. The van der Waals surface area contributed by atoms with Gasteiger partial charge in [0.05, 0.1) is 0 Å². The first-order valence-corrected chi connectivity index (χ1v) is 8.08. The van der Waals surface area contributed by atoms with Gasteiger partial charge in [-0.25, -0.2) is 0 Å². The SMILES string of the molecule is CC(=O)N(CCNC(=O)c1cccc(C)c1)c1ccc(C)cc1C. The lowest BCUT2D eigenvalue weighted by Crippen LogP contribution is -2.38. The van der Waals surface area contributed by atoms with Gasteiger partial charge in [0, 0.05) is 31.3 Å². The normalized spacial score (nSPS) is 10.3. The Kier molecular flexibility index (Phi) is 5.74. The summed E-state index contributed by atoms with van der Waals surface area (Å²) in [5, 5.41) is 2.88. The highest BCUT2D eigenvalue weighted by atomic mass is 16.2. The Balaban J connectivity index is 2.02. The summed E-state index contributed by atoms with van der Waals surface area (Å²) in [6.07, 6.45) is 0. The molecule has 0 atom stereocenters. The standard InChI is InChI=1S/C20H24N2O2/c1-14-6-5-7-18(13-14)20(24)21-10-11-22(17(4)23)19-9-8-15(2)12-16(19)3/h5-9,12-13H,10-11H2,1-4H3,(H,21,24). The van der Waals surface area contributed by atoms with Crippen LogP contribution in [0.15, 0.2) is 42.5 Å². The van der Waals surface area contributed by atoms with E-state index < -0.39 is 0 Å². The number of nitrogens with one attached hydrogen (secondary N) is 1. The number of hydrogen-bond donors (Lipinski definition) is 1. The Hall–Kier alpha value is -2.62. The van der Waals surface area contributed by atoms with Crippen LogP contribution in [0.4, 0.5) is 5.69 Å². The fourth-order valence-electron chi connectivity index (χ4n) is 2.73. The molecule has 0 aliphatic carbocycles. The van der Waals surface area contributed by atoms with Gasteiger partial charge < -0.3 is 10.2 Å². The number of amides is 2. The van der Waals surface area contributed by atoms with Gasteiger partial charge in [-0.3, -0.25) is 9.59 Å². The van der Waals surface area contributed by atoms with Crippen LogP contribution in [-0.4, -0.2) is 24.9 Å². The third-order valence-corrected chi connectivity index (χ3v) is 3.92. The molecule has 1 N–H and O–H groups in total. The first-order chi connectivity index (χ1) is 11.4. The lowest BCUT2D eigenvalue weighted by molar-refractivity contribution is -0.116. The molecular formula is C20H24N2O2. The van der Waals surface area contributed by atoms with E-state index in [1.165, 1.54) is 0 Å². The molecule has 0 fully saturated rings. The molecule has 2 rings (SSSR count). The molecule has 2 amide bonds. The summed E-state index contributed by atoms with van der Waals surface area (Å²) in [7, 11) is 0. The van der Waals surface area contributed by atoms with Crippen LogP contribution in [0.25, 0.3) is 0 Å². The molecule has 0 unspecified atom stereocenters. The second kappa shape index (κ2) is 7.77. The molecule has 0 saturated heterocycles. The van der Waals surface area contributed by atoms with Crippen molar-refractivity contribution in [2.75, 3.05) is 18.0 Å². The van der Waals surface area contributed by atoms with Crippen molar-refractivity contribution in [1.29, 1.82) is 0 Å². The van der Waals surface area contributed by atoms with Gasteiger partial charge in [0.2, 0.25) is 5.91 Å². The van der Waals surface area contributed by atoms with Gasteiger partial charge in [-0.15, -0.1) is 0 Å². The van der Waals surface area contributed by atoms with E-state index in [2.05, 4.69) is 11.4 Å². The molecule has 0 spiro atoms. The number of aryl methyl sites for hydroxylation is 3. The first-order valence-electron chi connectivity index (χ1n) is 8.08. The minimum absolute atomic E-state index is 0.0354. The summed E-state index contributed by atoms with van der Waals surface area (Å²) in [4.78, 5) is 25.9. The molecule has 0 radical (unpaired) electrons. The molecule has 0 aliphatic rings. The van der Waals surface area contributed by atoms with Crippen LogP contribution in [0.1, 0.15) is 34.0 Å². The molecule has 0 saturated carbocycles. The smallest absolute Gasteiger partial charge is 0.251 e. The predicted molar refractivity (Wildman–Crippen MR) is 97.5 cm³/mol. The van der Waals surface area contributed by atoms with Crippen molar-refractivity contribution in [1.82, 2.24) is 5.32 Å². The van der Waals surface area contributed by atoms with E-state index in [4.69, 9.17) is 0 Å². The van der Waals surface area contributed by atoms with E-state index in [1.54, 1.807) is 17.9 Å². The summed E-state index contributed by atoms with van der Waals surface area (Å²) in [5.74, 6) is -0.158. The zero-order chi connectivity index (χ0) is 17.7. The Morgan fingerprint density at radius 1 is 1.00 bits per heavy atom. The molecule has 0 aliphatic heterocycles. The molecule has 0 bridgehead atoms. The van der Waals surface area contributed by atoms with E-state index in [0.717, 1.165) is 22.4 Å². The second-order valence-corrected chi connectivity index (χ2v) is 6.09. The van der Waals surface area contributed by atoms with Gasteiger partial charge in [0.15, 0.2) is 0 Å². The predicted octanol–water partition coefficient (Wildman–Crippen LogP) is 3.39. The van der Waals surface area contributed by atoms with Crippen LogP contribution in [-0.2, 0) is 4.79 Å². The van der Waals surface area contributed by atoms with Crippen LogP contribution >= 0.6 is 0 Å². The van der Waals surface area contributed by atoms with Crippen molar-refractivity contribution in [3.05, 3.63) is 64.7 Å². The summed E-state index contributed by atoms with van der Waals surface area (Å²) in [5.41, 5.74) is 4.78. The van der Waals surface area contributed by atoms with Crippen molar-refractivity contribution < 1.29 is 9.59 Å². The zero-order valence-electron chi connectivity index (χ0n) is 14.7. The number of anilines is 1. The highest BCUT2D eigenvalue weighted by Gasteiger charge is 2.14. The first kappa shape index (κ1) is 17.7. The van der Waals surface area contributed by atoms with Crippen molar-refractivity contribution >= 4 is 17.5 Å². The van der Waals surface area contributed by atoms with Crippen molar-refractivity contribution in [3.8, 4) is 0 Å². The van der Waals surface area contributed by atoms with Gasteiger partial charge in [0.1, 0.15) is 0 Å². The molecule has 4 nitrogen and oxygen atoms in total. The number of rotatable bonds is 5. The van der Waals surface area contributed by atoms with Crippen molar-refractivity contribution in [3.63, 3.8) is 0 Å². The van der Waals surface area contributed by atoms with E-state index in [1.807, 2.05) is 51.1 Å². The molecule has 126 valence electrons. The number of nitrogens with zero attached hydrogens (tertiary/aromatic N) is 1. The van der Waals surface area contributed by atoms with Gasteiger partial charge in [-0.2, -0.15) is 0 Å². The third-order valence-electron chi connectivity index (χ3n) is 3.92. The van der Waals surface area contributed by atoms with Crippen molar-refractivity contribution in [2.45, 2.75) is 27.7 Å². The average Bonchev–Trinajstić information content (AvgIpc) is 2.52. The maximum atomic E-state index is 12.2. The third kappa shape index (κ3) is 4.44. The van der Waals surface area contributed by atoms with Crippen LogP contribution in [0.2, 0.25) is 0 Å². The van der Waals surface area contributed by atoms with E-state index >= 15 is 0 Å². The zero-order valence-corrected chi connectivity index (χ0v) is 14.7. The minimum atomic E-state index is -0.122. The van der Waals surface area contributed by atoms with E-state index in [-0.39, 0.29) is 11.8 Å². The van der Waals surface area contributed by atoms with E-state index in [9.17, 15) is 9.59 Å². The molecule has 2 aromatic carbocycles. The molecule has 4 heteroatoms. The number of carbonyl (C=O) groups is 2. The fraction of sp³-hybridized carbons (Fsp3) is 0.300. The fourth-order valence-corrected chi connectivity index (χ4v) is 2.73. The molecule has 0 aromatic heterocycles. The second-order valence-electron chi connectivity index (χ2n) is 6.09. The topological polar surface area (TPSA) is 49.4 Å². The monoisotopic (exact) mass is 324 g/mol. The maximum absolute atomic E-state index is 12.2. The Labute approximate surface area is 143 Å². The molecule has 24 heavy (non-hydrogen) atoms. The quantitative estimate of drug-likeness (QED) is 0.916. The minimum Gasteiger partial charge on any atom is -0.350 e. The summed E-state index contributed by atoms with van der Waals surface area (Å²) in [6, 6.07) is 13.4. The number of hydrogen-bond acceptors (Lipinski definition) is 2. The summed E-state index contributed by atoms with van der Waals surface area (Å²) in [6.45, 7) is 8.35.